The maximum atomic E-state index is 13.1. The largest absolute Gasteiger partial charge is 0.339 e. The normalized spacial score (nSPS) is 10.6. The Hall–Kier alpha value is -3.48. The Morgan fingerprint density at radius 2 is 1.69 bits per heavy atom. The first-order valence-corrected chi connectivity index (χ1v) is 9.50. The lowest BCUT2D eigenvalue weighted by Gasteiger charge is -2.19. The highest BCUT2D eigenvalue weighted by Crippen LogP contribution is 2.22. The molecule has 0 atom stereocenters. The first-order chi connectivity index (χ1) is 14.0. The highest BCUT2D eigenvalue weighted by Gasteiger charge is 2.23. The Labute approximate surface area is 169 Å². The van der Waals surface area contributed by atoms with Crippen molar-refractivity contribution < 1.29 is 14.0 Å². The van der Waals surface area contributed by atoms with Gasteiger partial charge in [0.2, 0.25) is 5.91 Å². The fourth-order valence-corrected chi connectivity index (χ4v) is 3.04. The Balaban J connectivity index is 1.93. The molecule has 6 nitrogen and oxygen atoms in total. The van der Waals surface area contributed by atoms with Gasteiger partial charge in [0.25, 0.3) is 5.91 Å². The molecule has 1 heterocycles. The van der Waals surface area contributed by atoms with Crippen LogP contribution in [0.2, 0.25) is 0 Å². The van der Waals surface area contributed by atoms with Crippen LogP contribution in [0.4, 0.5) is 10.2 Å². The summed E-state index contributed by atoms with van der Waals surface area (Å²) in [5.74, 6) is -0.555. The van der Waals surface area contributed by atoms with Crippen molar-refractivity contribution >= 4 is 17.6 Å². The molecule has 150 valence electrons. The fourth-order valence-electron chi connectivity index (χ4n) is 3.04. The van der Waals surface area contributed by atoms with E-state index in [0.717, 1.165) is 5.69 Å². The molecule has 0 aliphatic rings. The lowest BCUT2D eigenvalue weighted by molar-refractivity contribution is -0.115. The third kappa shape index (κ3) is 4.68. The standard InChI is InChI=1S/C22H23FN4O2/c1-3-26(4-2)22(29)19-15-24-27(18-8-6-5-7-9-18)21(19)25-20(28)14-16-10-12-17(23)13-11-16/h5-13,15H,3-4,14H2,1-2H3,(H,25,28). The number of amides is 2. The topological polar surface area (TPSA) is 67.2 Å². The van der Waals surface area contributed by atoms with Crippen LogP contribution in [0.3, 0.4) is 0 Å². The van der Waals surface area contributed by atoms with Crippen LogP contribution >= 0.6 is 0 Å². The van der Waals surface area contributed by atoms with E-state index in [1.807, 2.05) is 44.2 Å². The average Bonchev–Trinajstić information content (AvgIpc) is 3.14. The van der Waals surface area contributed by atoms with Crippen molar-refractivity contribution in [2.45, 2.75) is 20.3 Å². The van der Waals surface area contributed by atoms with E-state index in [1.165, 1.54) is 18.3 Å². The van der Waals surface area contributed by atoms with Gasteiger partial charge < -0.3 is 10.2 Å². The van der Waals surface area contributed by atoms with Crippen molar-refractivity contribution in [2.75, 3.05) is 18.4 Å². The summed E-state index contributed by atoms with van der Waals surface area (Å²) in [6, 6.07) is 15.0. The SMILES string of the molecule is CCN(CC)C(=O)c1cnn(-c2ccccc2)c1NC(=O)Cc1ccc(F)cc1. The number of nitrogens with zero attached hydrogens (tertiary/aromatic N) is 3. The third-order valence-corrected chi connectivity index (χ3v) is 4.59. The summed E-state index contributed by atoms with van der Waals surface area (Å²) < 4.78 is 14.6. The van der Waals surface area contributed by atoms with Gasteiger partial charge in [0.1, 0.15) is 17.2 Å². The van der Waals surface area contributed by atoms with Gasteiger partial charge in [-0.1, -0.05) is 30.3 Å². The van der Waals surface area contributed by atoms with Gasteiger partial charge in [0, 0.05) is 13.1 Å². The molecule has 7 heteroatoms. The van der Waals surface area contributed by atoms with Crippen molar-refractivity contribution in [2.24, 2.45) is 0 Å². The molecule has 2 amide bonds. The molecule has 3 aromatic rings. The number of carbonyl (C=O) groups excluding carboxylic acids is 2. The quantitative estimate of drug-likeness (QED) is 0.665. The van der Waals surface area contributed by atoms with Gasteiger partial charge in [-0.2, -0.15) is 5.10 Å². The van der Waals surface area contributed by atoms with Crippen LogP contribution in [0.25, 0.3) is 5.69 Å². The Bertz CT molecular complexity index is 980. The molecule has 0 bridgehead atoms. The maximum absolute atomic E-state index is 13.1. The third-order valence-electron chi connectivity index (χ3n) is 4.59. The molecule has 0 unspecified atom stereocenters. The van der Waals surface area contributed by atoms with Crippen molar-refractivity contribution in [3.63, 3.8) is 0 Å². The van der Waals surface area contributed by atoms with Crippen LogP contribution in [0.5, 0.6) is 0 Å². The molecule has 0 spiro atoms. The van der Waals surface area contributed by atoms with Gasteiger partial charge in [0.15, 0.2) is 0 Å². The van der Waals surface area contributed by atoms with Crippen LogP contribution in [0.1, 0.15) is 29.8 Å². The van der Waals surface area contributed by atoms with Crippen LogP contribution in [-0.2, 0) is 11.2 Å². The summed E-state index contributed by atoms with van der Waals surface area (Å²) in [4.78, 5) is 27.3. The Kier molecular flexibility index (Phi) is 6.39. The van der Waals surface area contributed by atoms with Crippen molar-refractivity contribution in [1.82, 2.24) is 14.7 Å². The number of halogens is 1. The van der Waals surface area contributed by atoms with Gasteiger partial charge in [-0.25, -0.2) is 9.07 Å². The summed E-state index contributed by atoms with van der Waals surface area (Å²) in [5.41, 5.74) is 1.72. The molecule has 1 N–H and O–H groups in total. The second-order valence-corrected chi connectivity index (χ2v) is 6.48. The molecule has 0 aliphatic carbocycles. The zero-order valence-corrected chi connectivity index (χ0v) is 16.4. The lowest BCUT2D eigenvalue weighted by Crippen LogP contribution is -2.31. The summed E-state index contributed by atoms with van der Waals surface area (Å²) in [6.07, 6.45) is 1.53. The van der Waals surface area contributed by atoms with E-state index in [0.29, 0.717) is 30.0 Å². The molecule has 2 aromatic carbocycles. The lowest BCUT2D eigenvalue weighted by atomic mass is 10.1. The van der Waals surface area contributed by atoms with Crippen LogP contribution in [0, 0.1) is 5.82 Å². The minimum atomic E-state index is -0.358. The number of hydrogen-bond donors (Lipinski definition) is 1. The van der Waals surface area contributed by atoms with Crippen LogP contribution < -0.4 is 5.32 Å². The fraction of sp³-hybridized carbons (Fsp3) is 0.227. The predicted molar refractivity (Wildman–Crippen MR) is 110 cm³/mol. The molecule has 3 rings (SSSR count). The number of anilines is 1. The van der Waals surface area contributed by atoms with Crippen LogP contribution in [0.15, 0.2) is 60.8 Å². The molecule has 0 saturated carbocycles. The summed E-state index contributed by atoms with van der Waals surface area (Å²) in [5, 5.41) is 7.16. The highest BCUT2D eigenvalue weighted by molar-refractivity contribution is 6.03. The Morgan fingerprint density at radius 3 is 2.31 bits per heavy atom. The van der Waals surface area contributed by atoms with E-state index in [-0.39, 0.29) is 24.1 Å². The van der Waals surface area contributed by atoms with Gasteiger partial charge in [0.05, 0.1) is 18.3 Å². The van der Waals surface area contributed by atoms with Gasteiger partial charge in [-0.15, -0.1) is 0 Å². The average molecular weight is 394 g/mol. The number of carbonyl (C=O) groups is 2. The van der Waals surface area contributed by atoms with E-state index in [9.17, 15) is 14.0 Å². The number of para-hydroxylation sites is 1. The molecular weight excluding hydrogens is 371 g/mol. The smallest absolute Gasteiger partial charge is 0.259 e. The first kappa shape index (κ1) is 20.3. The minimum Gasteiger partial charge on any atom is -0.339 e. The van der Waals surface area contributed by atoms with Crippen molar-refractivity contribution in [3.05, 3.63) is 77.7 Å². The molecule has 0 fully saturated rings. The van der Waals surface area contributed by atoms with Gasteiger partial charge in [-0.05, 0) is 43.7 Å². The van der Waals surface area contributed by atoms with Crippen molar-refractivity contribution in [1.29, 1.82) is 0 Å². The number of benzene rings is 2. The van der Waals surface area contributed by atoms with E-state index in [4.69, 9.17) is 0 Å². The van der Waals surface area contributed by atoms with E-state index < -0.39 is 0 Å². The van der Waals surface area contributed by atoms with E-state index >= 15 is 0 Å². The summed E-state index contributed by atoms with van der Waals surface area (Å²) in [6.45, 7) is 4.90. The highest BCUT2D eigenvalue weighted by atomic mass is 19.1. The number of rotatable bonds is 7. The van der Waals surface area contributed by atoms with Gasteiger partial charge in [-0.3, -0.25) is 9.59 Å². The predicted octanol–water partition coefficient (Wildman–Crippen LogP) is 3.67. The molecule has 0 aliphatic heterocycles. The number of nitrogens with one attached hydrogen (secondary N) is 1. The second kappa shape index (κ2) is 9.14. The monoisotopic (exact) mass is 394 g/mol. The zero-order valence-electron chi connectivity index (χ0n) is 16.4. The summed E-state index contributed by atoms with van der Waals surface area (Å²) in [7, 11) is 0. The second-order valence-electron chi connectivity index (χ2n) is 6.48. The number of aromatic nitrogens is 2. The summed E-state index contributed by atoms with van der Waals surface area (Å²) >= 11 is 0. The number of hydrogen-bond acceptors (Lipinski definition) is 3. The molecule has 1 aromatic heterocycles. The molecular formula is C22H23FN4O2. The van der Waals surface area contributed by atoms with Crippen molar-refractivity contribution in [3.8, 4) is 5.69 Å². The van der Waals surface area contributed by atoms with E-state index in [2.05, 4.69) is 10.4 Å². The van der Waals surface area contributed by atoms with Gasteiger partial charge >= 0.3 is 0 Å². The molecule has 0 radical (unpaired) electrons. The minimum absolute atomic E-state index is 0.0547. The zero-order chi connectivity index (χ0) is 20.8. The first-order valence-electron chi connectivity index (χ1n) is 9.50. The maximum Gasteiger partial charge on any atom is 0.259 e. The Morgan fingerprint density at radius 1 is 1.03 bits per heavy atom. The van der Waals surface area contributed by atoms with Crippen LogP contribution in [-0.4, -0.2) is 39.6 Å². The molecule has 29 heavy (non-hydrogen) atoms. The molecule has 0 saturated heterocycles. The van der Waals surface area contributed by atoms with E-state index in [1.54, 1.807) is 21.7 Å².